The van der Waals surface area contributed by atoms with Crippen LogP contribution in [0.5, 0.6) is 0 Å². The quantitative estimate of drug-likeness (QED) is 0.595. The Labute approximate surface area is 87.1 Å². The first-order valence-electron chi connectivity index (χ1n) is 4.21. The lowest BCUT2D eigenvalue weighted by Crippen LogP contribution is -2.28. The van der Waals surface area contributed by atoms with Crippen molar-refractivity contribution in [3.05, 3.63) is 11.9 Å². The van der Waals surface area contributed by atoms with Crippen LogP contribution >= 0.6 is 0 Å². The molecule has 0 atom stereocenters. The van der Waals surface area contributed by atoms with E-state index >= 15 is 0 Å². The number of nitrogens with two attached hydrogens (primary N) is 1. The van der Waals surface area contributed by atoms with Gasteiger partial charge in [0.15, 0.2) is 0 Å². The van der Waals surface area contributed by atoms with Crippen LogP contribution in [-0.4, -0.2) is 31.1 Å². The van der Waals surface area contributed by atoms with Gasteiger partial charge >= 0.3 is 0 Å². The summed E-state index contributed by atoms with van der Waals surface area (Å²) in [6.07, 6.45) is 1.18. The number of carbonyl (C=O) groups excluding carboxylic acids is 1. The summed E-state index contributed by atoms with van der Waals surface area (Å²) in [6, 6.07) is 0. The summed E-state index contributed by atoms with van der Waals surface area (Å²) in [4.78, 5) is 10.5. The minimum Gasteiger partial charge on any atom is -0.370 e. The van der Waals surface area contributed by atoms with Crippen molar-refractivity contribution in [1.29, 1.82) is 0 Å². The SMILES string of the molecule is Cc1[nH]ncc1S(=O)(=O)NCCC(N)=O. The summed E-state index contributed by atoms with van der Waals surface area (Å²) in [5.41, 5.74) is 5.32. The number of aryl methyl sites for hydroxylation is 1. The Hall–Kier alpha value is -1.41. The number of primary amides is 1. The molecule has 0 saturated carbocycles. The number of nitrogens with one attached hydrogen (secondary N) is 2. The fourth-order valence-electron chi connectivity index (χ4n) is 0.997. The van der Waals surface area contributed by atoms with Crippen LogP contribution in [0, 0.1) is 6.92 Å². The highest BCUT2D eigenvalue weighted by Crippen LogP contribution is 2.10. The van der Waals surface area contributed by atoms with E-state index in [1.807, 2.05) is 0 Å². The molecular weight excluding hydrogens is 220 g/mol. The molecule has 1 amide bonds. The number of sulfonamides is 1. The van der Waals surface area contributed by atoms with Crippen LogP contribution in [0.15, 0.2) is 11.1 Å². The van der Waals surface area contributed by atoms with Gasteiger partial charge in [0.05, 0.1) is 11.9 Å². The van der Waals surface area contributed by atoms with E-state index in [0.717, 1.165) is 0 Å². The monoisotopic (exact) mass is 232 g/mol. The van der Waals surface area contributed by atoms with E-state index in [0.29, 0.717) is 5.69 Å². The molecule has 0 bridgehead atoms. The van der Waals surface area contributed by atoms with Crippen LogP contribution in [0.25, 0.3) is 0 Å². The van der Waals surface area contributed by atoms with Crippen LogP contribution in [0.1, 0.15) is 12.1 Å². The van der Waals surface area contributed by atoms with Crippen LogP contribution in [-0.2, 0) is 14.8 Å². The average Bonchev–Trinajstić information content (AvgIpc) is 2.50. The highest BCUT2D eigenvalue weighted by molar-refractivity contribution is 7.89. The van der Waals surface area contributed by atoms with E-state index in [9.17, 15) is 13.2 Å². The van der Waals surface area contributed by atoms with E-state index in [1.54, 1.807) is 6.92 Å². The van der Waals surface area contributed by atoms with Crippen molar-refractivity contribution in [2.24, 2.45) is 5.73 Å². The molecule has 0 saturated heterocycles. The second-order valence-corrected chi connectivity index (χ2v) is 4.71. The number of hydrogen-bond acceptors (Lipinski definition) is 4. The van der Waals surface area contributed by atoms with E-state index in [1.165, 1.54) is 6.20 Å². The smallest absolute Gasteiger partial charge is 0.243 e. The maximum atomic E-state index is 11.6. The third-order valence-electron chi connectivity index (χ3n) is 1.74. The predicted molar refractivity (Wildman–Crippen MR) is 52.3 cm³/mol. The molecule has 0 radical (unpaired) electrons. The van der Waals surface area contributed by atoms with Gasteiger partial charge in [-0.2, -0.15) is 5.10 Å². The third-order valence-corrected chi connectivity index (χ3v) is 3.31. The van der Waals surface area contributed by atoms with E-state index in [4.69, 9.17) is 5.73 Å². The summed E-state index contributed by atoms with van der Waals surface area (Å²) in [7, 11) is -3.59. The zero-order valence-electron chi connectivity index (χ0n) is 8.15. The van der Waals surface area contributed by atoms with Crippen molar-refractivity contribution in [1.82, 2.24) is 14.9 Å². The zero-order chi connectivity index (χ0) is 11.5. The standard InChI is InChI=1S/C7H12N4O3S/c1-5-6(4-9-11-5)15(13,14)10-3-2-7(8)12/h4,10H,2-3H2,1H3,(H2,8,12)(H,9,11). The lowest BCUT2D eigenvalue weighted by atomic mass is 10.4. The number of H-pyrrole nitrogens is 1. The minimum absolute atomic E-state index is 0.0116. The first kappa shape index (κ1) is 11.7. The fraction of sp³-hybridized carbons (Fsp3) is 0.429. The molecule has 84 valence electrons. The number of aromatic amines is 1. The summed E-state index contributed by atoms with van der Waals surface area (Å²) in [6.45, 7) is 1.58. The molecule has 1 aromatic heterocycles. The second-order valence-electron chi connectivity index (χ2n) is 2.97. The highest BCUT2D eigenvalue weighted by atomic mass is 32.2. The van der Waals surface area contributed by atoms with Gasteiger partial charge in [-0.15, -0.1) is 0 Å². The summed E-state index contributed by atoms with van der Waals surface area (Å²) >= 11 is 0. The van der Waals surface area contributed by atoms with Gasteiger partial charge in [-0.1, -0.05) is 0 Å². The van der Waals surface area contributed by atoms with E-state index in [-0.39, 0.29) is 17.9 Å². The third kappa shape index (κ3) is 3.03. The Bertz CT molecular complexity index is 451. The van der Waals surface area contributed by atoms with Crippen molar-refractivity contribution in [2.45, 2.75) is 18.2 Å². The molecule has 0 aliphatic heterocycles. The molecule has 1 rings (SSSR count). The molecule has 0 aliphatic carbocycles. The average molecular weight is 232 g/mol. The number of aromatic nitrogens is 2. The van der Waals surface area contributed by atoms with Gasteiger partial charge in [0.1, 0.15) is 4.90 Å². The maximum absolute atomic E-state index is 11.6. The molecule has 0 spiro atoms. The van der Waals surface area contributed by atoms with Crippen molar-refractivity contribution in [3.8, 4) is 0 Å². The lowest BCUT2D eigenvalue weighted by molar-refractivity contribution is -0.117. The van der Waals surface area contributed by atoms with Gasteiger partial charge in [-0.05, 0) is 6.92 Å². The zero-order valence-corrected chi connectivity index (χ0v) is 8.97. The molecule has 7 nitrogen and oxygen atoms in total. The molecule has 15 heavy (non-hydrogen) atoms. The number of hydrogen-bond donors (Lipinski definition) is 3. The number of nitrogens with zero attached hydrogens (tertiary/aromatic N) is 1. The summed E-state index contributed by atoms with van der Waals surface area (Å²) in [5, 5.41) is 6.11. The lowest BCUT2D eigenvalue weighted by Gasteiger charge is -2.03. The van der Waals surface area contributed by atoms with Gasteiger partial charge in [-0.3, -0.25) is 9.89 Å². The van der Waals surface area contributed by atoms with E-state index in [2.05, 4.69) is 14.9 Å². The molecular formula is C7H12N4O3S. The Balaban J connectivity index is 2.69. The molecule has 4 N–H and O–H groups in total. The fourth-order valence-corrected chi connectivity index (χ4v) is 2.16. The largest absolute Gasteiger partial charge is 0.370 e. The molecule has 0 aromatic carbocycles. The number of amides is 1. The van der Waals surface area contributed by atoms with Crippen molar-refractivity contribution >= 4 is 15.9 Å². The number of carbonyl (C=O) groups is 1. The molecule has 8 heteroatoms. The van der Waals surface area contributed by atoms with E-state index < -0.39 is 15.9 Å². The van der Waals surface area contributed by atoms with Gasteiger partial charge in [0, 0.05) is 13.0 Å². The Kier molecular flexibility index (Phi) is 3.43. The molecule has 0 unspecified atom stereocenters. The summed E-state index contributed by atoms with van der Waals surface area (Å²) in [5.74, 6) is -0.554. The van der Waals surface area contributed by atoms with Crippen molar-refractivity contribution in [3.63, 3.8) is 0 Å². The Morgan fingerprint density at radius 1 is 1.67 bits per heavy atom. The molecule has 1 aromatic rings. The maximum Gasteiger partial charge on any atom is 0.243 e. The Morgan fingerprint density at radius 2 is 2.33 bits per heavy atom. The van der Waals surface area contributed by atoms with Gasteiger partial charge in [0.25, 0.3) is 0 Å². The predicted octanol–water partition coefficient (Wildman–Crippen LogP) is -1.13. The van der Waals surface area contributed by atoms with Crippen LogP contribution in [0.3, 0.4) is 0 Å². The first-order valence-corrected chi connectivity index (χ1v) is 5.70. The van der Waals surface area contributed by atoms with Crippen LogP contribution in [0.4, 0.5) is 0 Å². The highest BCUT2D eigenvalue weighted by Gasteiger charge is 2.17. The topological polar surface area (TPSA) is 118 Å². The van der Waals surface area contributed by atoms with Crippen LogP contribution in [0.2, 0.25) is 0 Å². The van der Waals surface area contributed by atoms with Crippen LogP contribution < -0.4 is 10.5 Å². The first-order chi connectivity index (χ1) is 6.93. The molecule has 1 heterocycles. The Morgan fingerprint density at radius 3 is 2.80 bits per heavy atom. The molecule has 0 fully saturated rings. The number of rotatable bonds is 5. The summed E-state index contributed by atoms with van der Waals surface area (Å²) < 4.78 is 25.4. The van der Waals surface area contributed by atoms with Crippen molar-refractivity contribution < 1.29 is 13.2 Å². The van der Waals surface area contributed by atoms with Gasteiger partial charge in [-0.25, -0.2) is 13.1 Å². The minimum atomic E-state index is -3.59. The second kappa shape index (κ2) is 4.41. The van der Waals surface area contributed by atoms with Gasteiger partial charge in [0.2, 0.25) is 15.9 Å². The normalized spacial score (nSPS) is 11.5. The van der Waals surface area contributed by atoms with Gasteiger partial charge < -0.3 is 5.73 Å². The van der Waals surface area contributed by atoms with Crippen molar-refractivity contribution in [2.75, 3.05) is 6.54 Å². The molecule has 0 aliphatic rings.